The van der Waals surface area contributed by atoms with Crippen molar-refractivity contribution in [2.75, 3.05) is 18.0 Å². The van der Waals surface area contributed by atoms with Gasteiger partial charge in [0.05, 0.1) is 0 Å². The zero-order chi connectivity index (χ0) is 13.1. The summed E-state index contributed by atoms with van der Waals surface area (Å²) in [5.41, 5.74) is 1.41. The van der Waals surface area contributed by atoms with Gasteiger partial charge in [-0.25, -0.2) is 0 Å². The first-order valence-corrected chi connectivity index (χ1v) is 8.04. The molecule has 1 aromatic rings. The molecule has 1 fully saturated rings. The van der Waals surface area contributed by atoms with Crippen molar-refractivity contribution in [3.05, 3.63) is 16.8 Å². The second-order valence-corrected chi connectivity index (χ2v) is 6.96. The van der Waals surface area contributed by atoms with E-state index in [9.17, 15) is 0 Å². The molecule has 2 atom stereocenters. The topological polar surface area (TPSA) is 15.3 Å². The van der Waals surface area contributed by atoms with Crippen molar-refractivity contribution in [2.45, 2.75) is 46.2 Å². The van der Waals surface area contributed by atoms with Crippen molar-refractivity contribution in [1.29, 1.82) is 0 Å². The molecular weight excluding hydrogens is 240 g/mol. The number of nitrogens with one attached hydrogen (secondary N) is 1. The van der Waals surface area contributed by atoms with Crippen LogP contribution in [0.4, 0.5) is 5.69 Å². The standard InChI is InChI=1S/C15H26N2S/c1-11(2)7-13-9-17(14-5-6-18-10-14)15(8-16-13)12(3)4/h5-6,10-13,15-16H,7-9H2,1-4H3. The minimum Gasteiger partial charge on any atom is -0.365 e. The molecule has 18 heavy (non-hydrogen) atoms. The molecule has 2 rings (SSSR count). The first-order chi connectivity index (χ1) is 8.58. The number of hydrogen-bond donors (Lipinski definition) is 1. The molecule has 0 spiro atoms. The van der Waals surface area contributed by atoms with Gasteiger partial charge in [-0.2, -0.15) is 11.3 Å². The van der Waals surface area contributed by atoms with E-state index in [1.807, 2.05) is 0 Å². The molecule has 1 N–H and O–H groups in total. The largest absolute Gasteiger partial charge is 0.365 e. The summed E-state index contributed by atoms with van der Waals surface area (Å²) in [7, 11) is 0. The predicted molar refractivity (Wildman–Crippen MR) is 81.5 cm³/mol. The second kappa shape index (κ2) is 6.07. The number of thiophene rings is 1. The molecule has 2 heterocycles. The Balaban J connectivity index is 2.09. The Kier molecular flexibility index (Phi) is 4.68. The van der Waals surface area contributed by atoms with E-state index >= 15 is 0 Å². The third-order valence-electron chi connectivity index (χ3n) is 3.80. The van der Waals surface area contributed by atoms with Gasteiger partial charge in [0, 0.05) is 36.2 Å². The van der Waals surface area contributed by atoms with E-state index in [2.05, 4.69) is 54.7 Å². The zero-order valence-electron chi connectivity index (χ0n) is 12.0. The SMILES string of the molecule is CC(C)CC1CN(c2ccsc2)C(C(C)C)CN1. The lowest BCUT2D eigenvalue weighted by molar-refractivity contribution is 0.311. The van der Waals surface area contributed by atoms with Crippen LogP contribution in [0.25, 0.3) is 0 Å². The highest BCUT2D eigenvalue weighted by molar-refractivity contribution is 7.08. The molecule has 2 unspecified atom stereocenters. The van der Waals surface area contributed by atoms with Crippen molar-refractivity contribution in [3.8, 4) is 0 Å². The van der Waals surface area contributed by atoms with E-state index in [-0.39, 0.29) is 0 Å². The molecule has 0 saturated carbocycles. The Morgan fingerprint density at radius 2 is 2.17 bits per heavy atom. The zero-order valence-corrected chi connectivity index (χ0v) is 12.8. The molecular formula is C15H26N2S. The van der Waals surface area contributed by atoms with Gasteiger partial charge in [-0.15, -0.1) is 0 Å². The van der Waals surface area contributed by atoms with Crippen LogP contribution in [0, 0.1) is 11.8 Å². The van der Waals surface area contributed by atoms with Crippen LogP contribution in [0.2, 0.25) is 0 Å². The van der Waals surface area contributed by atoms with Crippen LogP contribution in [0.3, 0.4) is 0 Å². The van der Waals surface area contributed by atoms with Crippen LogP contribution in [-0.4, -0.2) is 25.2 Å². The van der Waals surface area contributed by atoms with Gasteiger partial charge < -0.3 is 10.2 Å². The Bertz CT molecular complexity index is 345. The number of piperazine rings is 1. The highest BCUT2D eigenvalue weighted by atomic mass is 32.1. The van der Waals surface area contributed by atoms with Crippen LogP contribution in [-0.2, 0) is 0 Å². The Hall–Kier alpha value is -0.540. The third-order valence-corrected chi connectivity index (χ3v) is 4.47. The van der Waals surface area contributed by atoms with E-state index in [4.69, 9.17) is 0 Å². The molecule has 1 aromatic heterocycles. The third kappa shape index (κ3) is 3.27. The predicted octanol–water partition coefficient (Wildman–Crippen LogP) is 3.60. The van der Waals surface area contributed by atoms with E-state index in [0.29, 0.717) is 18.0 Å². The van der Waals surface area contributed by atoms with Crippen LogP contribution in [0.15, 0.2) is 16.8 Å². The quantitative estimate of drug-likeness (QED) is 0.896. The van der Waals surface area contributed by atoms with Gasteiger partial charge in [-0.3, -0.25) is 0 Å². The molecule has 1 saturated heterocycles. The van der Waals surface area contributed by atoms with Gasteiger partial charge >= 0.3 is 0 Å². The van der Waals surface area contributed by atoms with Gasteiger partial charge in [0.1, 0.15) is 0 Å². The van der Waals surface area contributed by atoms with Crippen molar-refractivity contribution in [3.63, 3.8) is 0 Å². The maximum absolute atomic E-state index is 3.74. The van der Waals surface area contributed by atoms with Crippen molar-refractivity contribution < 1.29 is 0 Å². The van der Waals surface area contributed by atoms with E-state index < -0.39 is 0 Å². The summed E-state index contributed by atoms with van der Waals surface area (Å²) in [6.07, 6.45) is 1.27. The van der Waals surface area contributed by atoms with Gasteiger partial charge in [0.2, 0.25) is 0 Å². The van der Waals surface area contributed by atoms with Crippen molar-refractivity contribution in [2.24, 2.45) is 11.8 Å². The van der Waals surface area contributed by atoms with Gasteiger partial charge in [0.15, 0.2) is 0 Å². The molecule has 0 radical (unpaired) electrons. The van der Waals surface area contributed by atoms with Crippen LogP contribution >= 0.6 is 11.3 Å². The molecule has 3 heteroatoms. The number of hydrogen-bond acceptors (Lipinski definition) is 3. The Labute approximate surface area is 115 Å². The molecule has 0 amide bonds. The fourth-order valence-electron chi connectivity index (χ4n) is 2.88. The Morgan fingerprint density at radius 1 is 1.39 bits per heavy atom. The summed E-state index contributed by atoms with van der Waals surface area (Å²) in [5, 5.41) is 8.21. The number of rotatable bonds is 4. The fourth-order valence-corrected chi connectivity index (χ4v) is 3.53. The van der Waals surface area contributed by atoms with Gasteiger partial charge in [-0.1, -0.05) is 27.7 Å². The number of anilines is 1. The van der Waals surface area contributed by atoms with Gasteiger partial charge in [-0.05, 0) is 29.7 Å². The lowest BCUT2D eigenvalue weighted by Gasteiger charge is -2.44. The maximum atomic E-state index is 3.74. The van der Waals surface area contributed by atoms with Crippen molar-refractivity contribution >= 4 is 17.0 Å². The molecule has 1 aliphatic heterocycles. The van der Waals surface area contributed by atoms with Gasteiger partial charge in [0.25, 0.3) is 0 Å². The Morgan fingerprint density at radius 3 is 2.72 bits per heavy atom. The summed E-state index contributed by atoms with van der Waals surface area (Å²) < 4.78 is 0. The van der Waals surface area contributed by atoms with Crippen LogP contribution in [0.5, 0.6) is 0 Å². The lowest BCUT2D eigenvalue weighted by Crippen LogP contribution is -2.58. The summed E-state index contributed by atoms with van der Waals surface area (Å²) >= 11 is 1.80. The molecule has 1 aliphatic rings. The summed E-state index contributed by atoms with van der Waals surface area (Å²) in [6, 6.07) is 3.53. The molecule has 102 valence electrons. The van der Waals surface area contributed by atoms with E-state index in [1.54, 1.807) is 11.3 Å². The monoisotopic (exact) mass is 266 g/mol. The molecule has 0 bridgehead atoms. The molecule has 2 nitrogen and oxygen atoms in total. The summed E-state index contributed by atoms with van der Waals surface area (Å²) in [6.45, 7) is 11.5. The van der Waals surface area contributed by atoms with E-state index in [1.165, 1.54) is 12.1 Å². The summed E-state index contributed by atoms with van der Waals surface area (Å²) in [4.78, 5) is 2.62. The highest BCUT2D eigenvalue weighted by Crippen LogP contribution is 2.27. The average Bonchev–Trinajstić information content (AvgIpc) is 2.80. The molecule has 0 aliphatic carbocycles. The van der Waals surface area contributed by atoms with Crippen molar-refractivity contribution in [1.82, 2.24) is 5.32 Å². The minimum absolute atomic E-state index is 0.628. The molecule has 0 aromatic carbocycles. The first kappa shape index (κ1) is 13.9. The number of nitrogens with zero attached hydrogens (tertiary/aromatic N) is 1. The highest BCUT2D eigenvalue weighted by Gasteiger charge is 2.30. The summed E-state index contributed by atoms with van der Waals surface area (Å²) in [5.74, 6) is 1.46. The lowest BCUT2D eigenvalue weighted by atomic mass is 9.94. The van der Waals surface area contributed by atoms with Crippen LogP contribution < -0.4 is 10.2 Å². The van der Waals surface area contributed by atoms with E-state index in [0.717, 1.165) is 19.0 Å². The average molecular weight is 266 g/mol. The first-order valence-electron chi connectivity index (χ1n) is 7.10. The van der Waals surface area contributed by atoms with Crippen LogP contribution in [0.1, 0.15) is 34.1 Å². The minimum atomic E-state index is 0.628. The fraction of sp³-hybridized carbons (Fsp3) is 0.733. The smallest absolute Gasteiger partial charge is 0.0478 e. The maximum Gasteiger partial charge on any atom is 0.0478 e. The second-order valence-electron chi connectivity index (χ2n) is 6.18. The normalized spacial score (nSPS) is 25.1.